The van der Waals surface area contributed by atoms with Crippen LogP contribution in [0.2, 0.25) is 0 Å². The Morgan fingerprint density at radius 3 is 2.52 bits per heavy atom. The predicted octanol–water partition coefficient (Wildman–Crippen LogP) is 5.38. The Morgan fingerprint density at radius 2 is 1.88 bits per heavy atom. The van der Waals surface area contributed by atoms with Crippen LogP contribution in [0, 0.1) is 0 Å². The first-order valence-corrected chi connectivity index (χ1v) is 8.62. The third-order valence-electron chi connectivity index (χ3n) is 3.89. The first-order valence-electron chi connectivity index (χ1n) is 7.83. The van der Waals surface area contributed by atoms with Crippen molar-refractivity contribution >= 4 is 20.4 Å². The van der Waals surface area contributed by atoms with Gasteiger partial charge in [0.1, 0.15) is 5.75 Å². The molecule has 1 N–H and O–H groups in total. The number of ether oxygens (including phenoxy) is 1. The Balaban J connectivity index is 1.78. The van der Waals surface area contributed by atoms with Crippen LogP contribution in [0.15, 0.2) is 48.2 Å². The molecule has 7 heteroatoms. The maximum Gasteiger partial charge on any atom is 0.417 e. The van der Waals surface area contributed by atoms with Gasteiger partial charge in [-0.3, -0.25) is 0 Å². The Hall–Kier alpha value is -1.86. The number of rotatable bonds is 3. The van der Waals surface area contributed by atoms with Gasteiger partial charge in [0.15, 0.2) is 0 Å². The molecule has 0 radical (unpaired) electrons. The van der Waals surface area contributed by atoms with E-state index < -0.39 is 11.7 Å². The maximum absolute atomic E-state index is 12.6. The van der Waals surface area contributed by atoms with Gasteiger partial charge >= 0.3 is 6.18 Å². The minimum Gasteiger partial charge on any atom is -0.439 e. The smallest absolute Gasteiger partial charge is 0.417 e. The second kappa shape index (κ2) is 7.58. The van der Waals surface area contributed by atoms with Gasteiger partial charge in [0.25, 0.3) is 0 Å². The first-order chi connectivity index (χ1) is 11.9. The molecule has 25 heavy (non-hydrogen) atoms. The molecule has 1 aliphatic rings. The lowest BCUT2D eigenvalue weighted by Crippen LogP contribution is -2.23. The number of benzene rings is 1. The Morgan fingerprint density at radius 1 is 1.12 bits per heavy atom. The van der Waals surface area contributed by atoms with Crippen molar-refractivity contribution in [3.05, 3.63) is 59.3 Å². The summed E-state index contributed by atoms with van der Waals surface area (Å²) >= 11 is 3.65. The molecule has 0 unspecified atom stereocenters. The maximum atomic E-state index is 12.6. The lowest BCUT2D eigenvalue weighted by molar-refractivity contribution is -0.137. The molecule has 132 valence electrons. The molecule has 3 rings (SSSR count). The summed E-state index contributed by atoms with van der Waals surface area (Å²) in [5.74, 6) is 0.645. The van der Waals surface area contributed by atoms with Crippen LogP contribution in [0.5, 0.6) is 11.6 Å². The lowest BCUT2D eigenvalue weighted by atomic mass is 10.0. The van der Waals surface area contributed by atoms with Crippen molar-refractivity contribution in [1.29, 1.82) is 0 Å². The standard InChI is InChI=1S/C18H16BrF3N2O/c19-17(12-6-8-23-9-7-12)13-2-1-3-15(10-13)25-16-5-4-14(11-24-16)18(20,21)22/h1-5,10-11,23H,6-9H2. The van der Waals surface area contributed by atoms with Gasteiger partial charge in [-0.05, 0) is 49.7 Å². The van der Waals surface area contributed by atoms with Gasteiger partial charge < -0.3 is 10.1 Å². The van der Waals surface area contributed by atoms with E-state index in [0.717, 1.165) is 48.2 Å². The highest BCUT2D eigenvalue weighted by molar-refractivity contribution is 9.15. The number of alkyl halides is 3. The van der Waals surface area contributed by atoms with Crippen molar-refractivity contribution in [2.24, 2.45) is 0 Å². The molecular weight excluding hydrogens is 397 g/mol. The number of halogens is 4. The fourth-order valence-electron chi connectivity index (χ4n) is 2.58. The van der Waals surface area contributed by atoms with E-state index in [-0.39, 0.29) is 5.88 Å². The molecule has 2 heterocycles. The quantitative estimate of drug-likeness (QED) is 0.734. The highest BCUT2D eigenvalue weighted by Crippen LogP contribution is 2.33. The first kappa shape index (κ1) is 17.9. The summed E-state index contributed by atoms with van der Waals surface area (Å²) in [6.07, 6.45) is -1.68. The highest BCUT2D eigenvalue weighted by Gasteiger charge is 2.30. The zero-order valence-corrected chi connectivity index (χ0v) is 14.8. The van der Waals surface area contributed by atoms with Gasteiger partial charge in [0.05, 0.1) is 5.56 Å². The number of pyridine rings is 1. The van der Waals surface area contributed by atoms with E-state index >= 15 is 0 Å². The molecule has 0 amide bonds. The van der Waals surface area contributed by atoms with E-state index in [1.54, 1.807) is 6.07 Å². The van der Waals surface area contributed by atoms with Crippen LogP contribution in [0.25, 0.3) is 4.48 Å². The van der Waals surface area contributed by atoms with E-state index in [9.17, 15) is 13.2 Å². The van der Waals surface area contributed by atoms with Gasteiger partial charge in [-0.25, -0.2) is 4.98 Å². The number of nitrogens with zero attached hydrogens (tertiary/aromatic N) is 1. The predicted molar refractivity (Wildman–Crippen MR) is 93.7 cm³/mol. The average Bonchev–Trinajstić information content (AvgIpc) is 2.62. The van der Waals surface area contributed by atoms with Crippen molar-refractivity contribution in [2.75, 3.05) is 13.1 Å². The fraction of sp³-hybridized carbons (Fsp3) is 0.278. The summed E-state index contributed by atoms with van der Waals surface area (Å²) in [6.45, 7) is 1.91. The topological polar surface area (TPSA) is 34.1 Å². The summed E-state index contributed by atoms with van der Waals surface area (Å²) in [5.41, 5.74) is 1.51. The Labute approximate surface area is 152 Å². The van der Waals surface area contributed by atoms with Crippen molar-refractivity contribution < 1.29 is 17.9 Å². The van der Waals surface area contributed by atoms with Crippen molar-refractivity contribution in [3.63, 3.8) is 0 Å². The van der Waals surface area contributed by atoms with E-state index in [0.29, 0.717) is 5.75 Å². The molecular formula is C18H16BrF3N2O. The average molecular weight is 413 g/mol. The molecule has 0 aliphatic carbocycles. The number of nitrogens with one attached hydrogen (secondary N) is 1. The zero-order valence-electron chi connectivity index (χ0n) is 13.2. The van der Waals surface area contributed by atoms with Crippen molar-refractivity contribution in [3.8, 4) is 11.6 Å². The second-order valence-corrected chi connectivity index (χ2v) is 6.47. The van der Waals surface area contributed by atoms with Crippen LogP contribution >= 0.6 is 15.9 Å². The van der Waals surface area contributed by atoms with Crippen LogP contribution in [0.3, 0.4) is 0 Å². The number of piperidine rings is 1. The normalized spacial score (nSPS) is 15.1. The monoisotopic (exact) mass is 412 g/mol. The SMILES string of the molecule is FC(F)(F)c1ccc(Oc2cccc(C(Br)=C3CCNCC3)c2)nc1. The number of hydrogen-bond acceptors (Lipinski definition) is 3. The van der Waals surface area contributed by atoms with Crippen molar-refractivity contribution in [2.45, 2.75) is 19.0 Å². The van der Waals surface area contributed by atoms with Gasteiger partial charge in [-0.1, -0.05) is 33.6 Å². The third-order valence-corrected chi connectivity index (χ3v) is 4.91. The van der Waals surface area contributed by atoms with Gasteiger partial charge in [-0.15, -0.1) is 0 Å². The van der Waals surface area contributed by atoms with Gasteiger partial charge in [0.2, 0.25) is 5.88 Å². The molecule has 1 aromatic heterocycles. The molecule has 1 saturated heterocycles. The van der Waals surface area contributed by atoms with Gasteiger partial charge in [0, 0.05) is 16.7 Å². The third kappa shape index (κ3) is 4.61. The summed E-state index contributed by atoms with van der Waals surface area (Å²) in [4.78, 5) is 3.73. The van der Waals surface area contributed by atoms with E-state index in [1.807, 2.05) is 18.2 Å². The molecule has 1 aliphatic heterocycles. The molecule has 0 saturated carbocycles. The second-order valence-electron chi connectivity index (χ2n) is 5.68. The molecule has 1 fully saturated rings. The van der Waals surface area contributed by atoms with E-state index in [1.165, 1.54) is 11.6 Å². The summed E-state index contributed by atoms with van der Waals surface area (Å²) in [6, 6.07) is 9.58. The molecule has 0 bridgehead atoms. The molecule has 0 spiro atoms. The zero-order chi connectivity index (χ0) is 17.9. The van der Waals surface area contributed by atoms with Crippen LogP contribution in [0.4, 0.5) is 13.2 Å². The summed E-state index contributed by atoms with van der Waals surface area (Å²) < 4.78 is 44.3. The van der Waals surface area contributed by atoms with E-state index in [4.69, 9.17) is 4.74 Å². The van der Waals surface area contributed by atoms with Crippen LogP contribution in [-0.2, 0) is 6.18 Å². The van der Waals surface area contributed by atoms with Gasteiger partial charge in [-0.2, -0.15) is 13.2 Å². The summed E-state index contributed by atoms with van der Waals surface area (Å²) in [5, 5.41) is 3.31. The Bertz CT molecular complexity index is 765. The largest absolute Gasteiger partial charge is 0.439 e. The fourth-order valence-corrected chi connectivity index (χ4v) is 3.22. The van der Waals surface area contributed by atoms with Crippen LogP contribution < -0.4 is 10.1 Å². The van der Waals surface area contributed by atoms with Crippen LogP contribution in [-0.4, -0.2) is 18.1 Å². The van der Waals surface area contributed by atoms with Crippen LogP contribution in [0.1, 0.15) is 24.0 Å². The molecule has 3 nitrogen and oxygen atoms in total. The summed E-state index contributed by atoms with van der Waals surface area (Å²) in [7, 11) is 0. The molecule has 1 aromatic carbocycles. The van der Waals surface area contributed by atoms with E-state index in [2.05, 4.69) is 26.2 Å². The lowest BCUT2D eigenvalue weighted by Gasteiger charge is -2.18. The molecule has 0 atom stereocenters. The highest BCUT2D eigenvalue weighted by atomic mass is 79.9. The Kier molecular flexibility index (Phi) is 5.44. The molecule has 2 aromatic rings. The van der Waals surface area contributed by atoms with Crippen molar-refractivity contribution in [1.82, 2.24) is 10.3 Å². The minimum atomic E-state index is -4.41. The number of aromatic nitrogens is 1. The minimum absolute atomic E-state index is 0.121. The number of hydrogen-bond donors (Lipinski definition) is 1.